The summed E-state index contributed by atoms with van der Waals surface area (Å²) in [5, 5.41) is 2.83. The van der Waals surface area contributed by atoms with Crippen molar-refractivity contribution in [1.29, 1.82) is 0 Å². The molecule has 0 aliphatic carbocycles. The predicted molar refractivity (Wildman–Crippen MR) is 83.2 cm³/mol. The highest BCUT2D eigenvalue weighted by atomic mass is 79.9. The first kappa shape index (κ1) is 16.6. The molecule has 1 atom stereocenters. The van der Waals surface area contributed by atoms with Crippen LogP contribution in [0.2, 0.25) is 0 Å². The normalized spacial score (nSPS) is 12.5. The zero-order chi connectivity index (χ0) is 14.4. The Kier molecular flexibility index (Phi) is 7.00. The molecular weight excluding hydrogens is 377 g/mol. The SMILES string of the molecule is CCC(CC)C(Br)CNC(=O)c1ccc(Br)c(F)c1. The Morgan fingerprint density at radius 2 is 2.00 bits per heavy atom. The van der Waals surface area contributed by atoms with Crippen molar-refractivity contribution in [2.75, 3.05) is 6.54 Å². The van der Waals surface area contributed by atoms with Crippen molar-refractivity contribution in [3.05, 3.63) is 34.1 Å². The molecular formula is C14H18Br2FNO. The Bertz CT molecular complexity index is 435. The van der Waals surface area contributed by atoms with Gasteiger partial charge in [0.1, 0.15) is 5.82 Å². The van der Waals surface area contributed by atoms with Gasteiger partial charge in [0.15, 0.2) is 0 Å². The van der Waals surface area contributed by atoms with Gasteiger partial charge in [0.2, 0.25) is 0 Å². The Morgan fingerprint density at radius 1 is 1.37 bits per heavy atom. The third-order valence-corrected chi connectivity index (χ3v) is 4.91. The van der Waals surface area contributed by atoms with Crippen molar-refractivity contribution < 1.29 is 9.18 Å². The van der Waals surface area contributed by atoms with Gasteiger partial charge >= 0.3 is 0 Å². The van der Waals surface area contributed by atoms with Crippen LogP contribution in [0, 0.1) is 11.7 Å². The molecule has 0 saturated carbocycles. The second-order valence-electron chi connectivity index (χ2n) is 4.43. The summed E-state index contributed by atoms with van der Waals surface area (Å²) in [4.78, 5) is 12.1. The maximum atomic E-state index is 13.3. The molecule has 1 aromatic rings. The number of hydrogen-bond donors (Lipinski definition) is 1. The minimum absolute atomic E-state index is 0.242. The van der Waals surface area contributed by atoms with Crippen LogP contribution in [0.1, 0.15) is 37.0 Å². The van der Waals surface area contributed by atoms with Crippen LogP contribution in [0.3, 0.4) is 0 Å². The third-order valence-electron chi connectivity index (χ3n) is 3.20. The second-order valence-corrected chi connectivity index (χ2v) is 6.46. The highest BCUT2D eigenvalue weighted by molar-refractivity contribution is 9.10. The van der Waals surface area contributed by atoms with Gasteiger partial charge in [-0.2, -0.15) is 0 Å². The predicted octanol–water partition coefficient (Wildman–Crippen LogP) is 4.52. The van der Waals surface area contributed by atoms with Crippen molar-refractivity contribution in [3.63, 3.8) is 0 Å². The molecule has 0 saturated heterocycles. The number of alkyl halides is 1. The summed E-state index contributed by atoms with van der Waals surface area (Å²) in [7, 11) is 0. The largest absolute Gasteiger partial charge is 0.351 e. The van der Waals surface area contributed by atoms with Gasteiger partial charge in [0, 0.05) is 16.9 Å². The van der Waals surface area contributed by atoms with Gasteiger partial charge in [0.05, 0.1) is 4.47 Å². The number of carbonyl (C=O) groups is 1. The lowest BCUT2D eigenvalue weighted by atomic mass is 9.99. The number of rotatable bonds is 6. The average Bonchev–Trinajstić information content (AvgIpc) is 2.40. The Hall–Kier alpha value is -0.420. The van der Waals surface area contributed by atoms with Gasteiger partial charge in [-0.05, 0) is 40.0 Å². The zero-order valence-electron chi connectivity index (χ0n) is 11.1. The minimum atomic E-state index is -0.428. The van der Waals surface area contributed by atoms with Crippen LogP contribution in [0.5, 0.6) is 0 Å². The van der Waals surface area contributed by atoms with Gasteiger partial charge in [-0.3, -0.25) is 4.79 Å². The van der Waals surface area contributed by atoms with E-state index >= 15 is 0 Å². The van der Waals surface area contributed by atoms with Gasteiger partial charge in [0.25, 0.3) is 5.91 Å². The molecule has 106 valence electrons. The topological polar surface area (TPSA) is 29.1 Å². The van der Waals surface area contributed by atoms with Crippen molar-refractivity contribution >= 4 is 37.8 Å². The number of carbonyl (C=O) groups excluding carboxylic acids is 1. The van der Waals surface area contributed by atoms with E-state index in [-0.39, 0.29) is 10.7 Å². The number of nitrogens with one attached hydrogen (secondary N) is 1. The highest BCUT2D eigenvalue weighted by Crippen LogP contribution is 2.20. The van der Waals surface area contributed by atoms with E-state index in [1.807, 2.05) is 0 Å². The van der Waals surface area contributed by atoms with Crippen LogP contribution in [0.4, 0.5) is 4.39 Å². The van der Waals surface area contributed by atoms with E-state index in [2.05, 4.69) is 51.0 Å². The Labute approximate surface area is 130 Å². The summed E-state index contributed by atoms with van der Waals surface area (Å²) in [5.41, 5.74) is 0.338. The van der Waals surface area contributed by atoms with E-state index in [1.54, 1.807) is 6.07 Å². The molecule has 1 N–H and O–H groups in total. The summed E-state index contributed by atoms with van der Waals surface area (Å²) < 4.78 is 13.7. The van der Waals surface area contributed by atoms with Crippen molar-refractivity contribution in [2.45, 2.75) is 31.5 Å². The lowest BCUT2D eigenvalue weighted by Crippen LogP contribution is -2.32. The fraction of sp³-hybridized carbons (Fsp3) is 0.500. The van der Waals surface area contributed by atoms with Crippen molar-refractivity contribution in [1.82, 2.24) is 5.32 Å². The molecule has 0 heterocycles. The fourth-order valence-corrected chi connectivity index (χ4v) is 3.05. The van der Waals surface area contributed by atoms with Crippen molar-refractivity contribution in [2.24, 2.45) is 5.92 Å². The number of halogens is 3. The second kappa shape index (κ2) is 8.00. The van der Waals surface area contributed by atoms with Gasteiger partial charge < -0.3 is 5.32 Å². The summed E-state index contributed by atoms with van der Waals surface area (Å²) in [6, 6.07) is 4.37. The van der Waals surface area contributed by atoms with Crippen LogP contribution in [-0.4, -0.2) is 17.3 Å². The number of amides is 1. The van der Waals surface area contributed by atoms with Gasteiger partial charge in [-0.15, -0.1) is 0 Å². The average molecular weight is 395 g/mol. The number of hydrogen-bond acceptors (Lipinski definition) is 1. The third kappa shape index (κ3) is 4.88. The fourth-order valence-electron chi connectivity index (χ4n) is 1.90. The molecule has 5 heteroatoms. The molecule has 1 aromatic carbocycles. The summed E-state index contributed by atoms with van der Waals surface area (Å²) in [5.74, 6) is -0.146. The Morgan fingerprint density at radius 3 is 2.53 bits per heavy atom. The standard InChI is InChI=1S/C14H18Br2FNO/c1-3-9(4-2)12(16)8-18-14(19)10-5-6-11(15)13(17)7-10/h5-7,9,12H,3-4,8H2,1-2H3,(H,18,19). The number of benzene rings is 1. The van der Waals surface area contributed by atoms with E-state index in [1.165, 1.54) is 12.1 Å². The molecule has 1 amide bonds. The van der Waals surface area contributed by atoms with Crippen LogP contribution in [-0.2, 0) is 0 Å². The van der Waals surface area contributed by atoms with E-state index in [9.17, 15) is 9.18 Å². The molecule has 2 nitrogen and oxygen atoms in total. The monoisotopic (exact) mass is 393 g/mol. The first-order valence-electron chi connectivity index (χ1n) is 6.36. The molecule has 0 aliphatic heterocycles. The molecule has 0 aromatic heterocycles. The smallest absolute Gasteiger partial charge is 0.251 e. The van der Waals surface area contributed by atoms with Crippen LogP contribution in [0.25, 0.3) is 0 Å². The molecule has 19 heavy (non-hydrogen) atoms. The van der Waals surface area contributed by atoms with E-state index < -0.39 is 5.82 Å². The minimum Gasteiger partial charge on any atom is -0.351 e. The molecule has 1 unspecified atom stereocenters. The van der Waals surface area contributed by atoms with Gasteiger partial charge in [-0.1, -0.05) is 42.6 Å². The van der Waals surface area contributed by atoms with Crippen LogP contribution < -0.4 is 5.32 Å². The Balaban J connectivity index is 2.58. The molecule has 0 bridgehead atoms. The quantitative estimate of drug-likeness (QED) is 0.706. The molecule has 0 spiro atoms. The molecule has 0 fully saturated rings. The van der Waals surface area contributed by atoms with E-state index in [4.69, 9.17) is 0 Å². The van der Waals surface area contributed by atoms with E-state index in [0.717, 1.165) is 12.8 Å². The summed E-state index contributed by atoms with van der Waals surface area (Å²) in [6.07, 6.45) is 2.13. The first-order chi connectivity index (χ1) is 8.99. The van der Waals surface area contributed by atoms with Crippen molar-refractivity contribution in [3.8, 4) is 0 Å². The summed E-state index contributed by atoms with van der Waals surface area (Å²) in [6.45, 7) is 4.81. The summed E-state index contributed by atoms with van der Waals surface area (Å²) >= 11 is 6.66. The van der Waals surface area contributed by atoms with Crippen LogP contribution in [0.15, 0.2) is 22.7 Å². The van der Waals surface area contributed by atoms with Crippen LogP contribution >= 0.6 is 31.9 Å². The lowest BCUT2D eigenvalue weighted by molar-refractivity contribution is 0.0951. The maximum absolute atomic E-state index is 13.3. The lowest BCUT2D eigenvalue weighted by Gasteiger charge is -2.19. The maximum Gasteiger partial charge on any atom is 0.251 e. The zero-order valence-corrected chi connectivity index (χ0v) is 14.2. The first-order valence-corrected chi connectivity index (χ1v) is 8.07. The van der Waals surface area contributed by atoms with Gasteiger partial charge in [-0.25, -0.2) is 4.39 Å². The molecule has 0 radical (unpaired) electrons. The molecule has 1 rings (SSSR count). The molecule has 0 aliphatic rings. The highest BCUT2D eigenvalue weighted by Gasteiger charge is 2.16. The van der Waals surface area contributed by atoms with E-state index in [0.29, 0.717) is 22.5 Å².